The average molecular weight is 208 g/mol. The molecular formula is C12H13FO2. The van der Waals surface area contributed by atoms with Crippen LogP contribution in [0.5, 0.6) is 5.75 Å². The molecule has 1 aromatic carbocycles. The second-order valence-electron chi connectivity index (χ2n) is 2.96. The molecule has 0 unspecified atom stereocenters. The number of hydrogen-bond acceptors (Lipinski definition) is 2. The first kappa shape index (κ1) is 11.4. The van der Waals surface area contributed by atoms with Crippen LogP contribution >= 0.6 is 0 Å². The maximum Gasteiger partial charge on any atom is 0.127 e. The molecule has 0 spiro atoms. The van der Waals surface area contributed by atoms with Gasteiger partial charge in [-0.2, -0.15) is 0 Å². The van der Waals surface area contributed by atoms with Gasteiger partial charge < -0.3 is 9.53 Å². The van der Waals surface area contributed by atoms with E-state index in [9.17, 15) is 9.18 Å². The Morgan fingerprint density at radius 3 is 2.87 bits per heavy atom. The number of rotatable bonds is 5. The second kappa shape index (κ2) is 5.96. The van der Waals surface area contributed by atoms with Crippen molar-refractivity contribution in [2.24, 2.45) is 0 Å². The molecule has 1 rings (SSSR count). The minimum atomic E-state index is -0.341. The third-order valence-electron chi connectivity index (χ3n) is 1.75. The number of halogens is 1. The van der Waals surface area contributed by atoms with Gasteiger partial charge in [-0.3, -0.25) is 0 Å². The van der Waals surface area contributed by atoms with Crippen LogP contribution in [-0.4, -0.2) is 12.9 Å². The Kier molecular flexibility index (Phi) is 4.54. The lowest BCUT2D eigenvalue weighted by molar-refractivity contribution is -0.107. The van der Waals surface area contributed by atoms with E-state index in [4.69, 9.17) is 4.74 Å². The number of carbonyl (C=O) groups is 1. The van der Waals surface area contributed by atoms with E-state index < -0.39 is 0 Å². The molecule has 0 saturated carbocycles. The Hall–Kier alpha value is -1.64. The predicted octanol–water partition coefficient (Wildman–Crippen LogP) is 2.83. The molecule has 2 nitrogen and oxygen atoms in total. The van der Waals surface area contributed by atoms with Crippen molar-refractivity contribution >= 4 is 12.4 Å². The van der Waals surface area contributed by atoms with E-state index in [1.165, 1.54) is 12.1 Å². The molecule has 0 saturated heterocycles. The molecule has 0 atom stereocenters. The van der Waals surface area contributed by atoms with Crippen molar-refractivity contribution in [3.63, 3.8) is 0 Å². The minimum Gasteiger partial charge on any atom is -0.494 e. The van der Waals surface area contributed by atoms with Crippen LogP contribution < -0.4 is 4.74 Å². The summed E-state index contributed by atoms with van der Waals surface area (Å²) in [6.45, 7) is 2.34. The van der Waals surface area contributed by atoms with Gasteiger partial charge in [0.1, 0.15) is 17.9 Å². The smallest absolute Gasteiger partial charge is 0.127 e. The zero-order valence-corrected chi connectivity index (χ0v) is 8.57. The summed E-state index contributed by atoms with van der Waals surface area (Å²) in [7, 11) is 0. The number of allylic oxidation sites excluding steroid dienone is 1. The van der Waals surface area contributed by atoms with Crippen LogP contribution in [0.4, 0.5) is 4.39 Å². The summed E-state index contributed by atoms with van der Waals surface area (Å²) in [4.78, 5) is 10.1. The first-order valence-corrected chi connectivity index (χ1v) is 4.80. The normalized spacial score (nSPS) is 10.5. The number of carbonyl (C=O) groups excluding carboxylic acids is 1. The molecule has 0 heterocycles. The standard InChI is InChI=1S/C12H13FO2/c1-2-15-12-8-10(5-3-4-6-14)7-11(13)9-12/h3,5-9H,2,4H2,1H3. The zero-order valence-electron chi connectivity index (χ0n) is 8.57. The van der Waals surface area contributed by atoms with E-state index in [1.54, 1.807) is 18.2 Å². The molecular weight excluding hydrogens is 195 g/mol. The van der Waals surface area contributed by atoms with Gasteiger partial charge in [0.2, 0.25) is 0 Å². The summed E-state index contributed by atoms with van der Waals surface area (Å²) < 4.78 is 18.3. The van der Waals surface area contributed by atoms with E-state index in [2.05, 4.69) is 0 Å². The lowest BCUT2D eigenvalue weighted by atomic mass is 10.2. The Balaban J connectivity index is 2.83. The first-order chi connectivity index (χ1) is 7.26. The summed E-state index contributed by atoms with van der Waals surface area (Å²) in [6.07, 6.45) is 4.50. The topological polar surface area (TPSA) is 26.3 Å². The van der Waals surface area contributed by atoms with Crippen molar-refractivity contribution in [1.82, 2.24) is 0 Å². The molecule has 1 aromatic rings. The highest BCUT2D eigenvalue weighted by Crippen LogP contribution is 2.17. The Morgan fingerprint density at radius 2 is 2.20 bits per heavy atom. The highest BCUT2D eigenvalue weighted by Gasteiger charge is 1.98. The van der Waals surface area contributed by atoms with Crippen LogP contribution in [0, 0.1) is 5.82 Å². The molecule has 15 heavy (non-hydrogen) atoms. The summed E-state index contributed by atoms with van der Waals surface area (Å²) in [5, 5.41) is 0. The highest BCUT2D eigenvalue weighted by atomic mass is 19.1. The number of benzene rings is 1. The zero-order chi connectivity index (χ0) is 11.1. The summed E-state index contributed by atoms with van der Waals surface area (Å²) in [5.74, 6) is 0.162. The highest BCUT2D eigenvalue weighted by molar-refractivity contribution is 5.58. The van der Waals surface area contributed by atoms with E-state index in [1.807, 2.05) is 6.92 Å². The van der Waals surface area contributed by atoms with Gasteiger partial charge in [0.25, 0.3) is 0 Å². The van der Waals surface area contributed by atoms with Crippen LogP contribution in [0.3, 0.4) is 0 Å². The van der Waals surface area contributed by atoms with Gasteiger partial charge in [-0.25, -0.2) is 4.39 Å². The van der Waals surface area contributed by atoms with Gasteiger partial charge in [0.05, 0.1) is 6.61 Å². The largest absolute Gasteiger partial charge is 0.494 e. The summed E-state index contributed by atoms with van der Waals surface area (Å²) in [6, 6.07) is 4.46. The molecule has 0 aliphatic carbocycles. The van der Waals surface area contributed by atoms with Crippen LogP contribution in [0.15, 0.2) is 24.3 Å². The summed E-state index contributed by atoms with van der Waals surface area (Å²) >= 11 is 0. The lowest BCUT2D eigenvalue weighted by Crippen LogP contribution is -1.92. The Morgan fingerprint density at radius 1 is 1.40 bits per heavy atom. The molecule has 3 heteroatoms. The Bertz CT molecular complexity index is 359. The molecule has 0 radical (unpaired) electrons. The number of aldehydes is 1. The number of ether oxygens (including phenoxy) is 1. The van der Waals surface area contributed by atoms with Crippen molar-refractivity contribution in [2.75, 3.05) is 6.61 Å². The van der Waals surface area contributed by atoms with Crippen molar-refractivity contribution in [1.29, 1.82) is 0 Å². The molecule has 0 amide bonds. The average Bonchev–Trinajstić information content (AvgIpc) is 2.18. The maximum absolute atomic E-state index is 13.1. The van der Waals surface area contributed by atoms with Gasteiger partial charge >= 0.3 is 0 Å². The van der Waals surface area contributed by atoms with E-state index in [0.717, 1.165) is 6.29 Å². The van der Waals surface area contributed by atoms with Crippen molar-refractivity contribution in [2.45, 2.75) is 13.3 Å². The molecule has 0 bridgehead atoms. The van der Waals surface area contributed by atoms with Gasteiger partial charge in [-0.15, -0.1) is 0 Å². The van der Waals surface area contributed by atoms with Crippen molar-refractivity contribution in [3.8, 4) is 5.75 Å². The quantitative estimate of drug-likeness (QED) is 0.695. The lowest BCUT2D eigenvalue weighted by Gasteiger charge is -2.04. The van der Waals surface area contributed by atoms with Crippen molar-refractivity contribution in [3.05, 3.63) is 35.7 Å². The Labute approximate surface area is 88.4 Å². The fourth-order valence-electron chi connectivity index (χ4n) is 1.19. The molecule has 0 N–H and O–H groups in total. The van der Waals surface area contributed by atoms with E-state index in [-0.39, 0.29) is 5.82 Å². The van der Waals surface area contributed by atoms with Gasteiger partial charge in [0.15, 0.2) is 0 Å². The third-order valence-corrected chi connectivity index (χ3v) is 1.75. The van der Waals surface area contributed by atoms with Crippen LogP contribution in [0.1, 0.15) is 18.9 Å². The monoisotopic (exact) mass is 208 g/mol. The molecule has 80 valence electrons. The molecule has 0 aliphatic heterocycles. The SMILES string of the molecule is CCOc1cc(F)cc(C=CCC=O)c1. The minimum absolute atomic E-state index is 0.334. The van der Waals surface area contributed by atoms with Crippen LogP contribution in [-0.2, 0) is 4.79 Å². The van der Waals surface area contributed by atoms with Crippen LogP contribution in [0.2, 0.25) is 0 Å². The van der Waals surface area contributed by atoms with Gasteiger partial charge in [-0.05, 0) is 24.6 Å². The fraction of sp³-hybridized carbons (Fsp3) is 0.250. The summed E-state index contributed by atoms with van der Waals surface area (Å²) in [5.41, 5.74) is 0.695. The van der Waals surface area contributed by atoms with Crippen LogP contribution in [0.25, 0.3) is 6.08 Å². The third kappa shape index (κ3) is 3.94. The first-order valence-electron chi connectivity index (χ1n) is 4.80. The van der Waals surface area contributed by atoms with Crippen molar-refractivity contribution < 1.29 is 13.9 Å². The second-order valence-corrected chi connectivity index (χ2v) is 2.96. The molecule has 0 aromatic heterocycles. The molecule has 0 fully saturated rings. The number of hydrogen-bond donors (Lipinski definition) is 0. The predicted molar refractivity (Wildman–Crippen MR) is 57.3 cm³/mol. The van der Waals surface area contributed by atoms with Gasteiger partial charge in [-0.1, -0.05) is 12.2 Å². The van der Waals surface area contributed by atoms with Gasteiger partial charge in [0, 0.05) is 12.5 Å². The van der Waals surface area contributed by atoms with E-state index >= 15 is 0 Å². The molecule has 0 aliphatic rings. The fourth-order valence-corrected chi connectivity index (χ4v) is 1.19. The van der Waals surface area contributed by atoms with E-state index in [0.29, 0.717) is 24.3 Å². The maximum atomic E-state index is 13.1.